The van der Waals surface area contributed by atoms with Crippen LogP contribution >= 0.6 is 0 Å². The van der Waals surface area contributed by atoms with Crippen LogP contribution in [0, 0.1) is 0 Å². The Morgan fingerprint density at radius 3 is 2.91 bits per heavy atom. The zero-order chi connectivity index (χ0) is 15.5. The maximum atomic E-state index is 5.93. The molecule has 0 unspecified atom stereocenters. The van der Waals surface area contributed by atoms with Gasteiger partial charge in [-0.15, -0.1) is 0 Å². The maximum Gasteiger partial charge on any atom is 0.240 e. The molecule has 0 bridgehead atoms. The zero-order valence-electron chi connectivity index (χ0n) is 13.4. The number of aromatic nitrogens is 2. The lowest BCUT2D eigenvalue weighted by Gasteiger charge is -2.43. The summed E-state index contributed by atoms with van der Waals surface area (Å²) in [6.07, 6.45) is 6.10. The largest absolute Gasteiger partial charge is 0.375 e. The normalized spacial score (nSPS) is 25.2. The molecule has 1 saturated carbocycles. The Labute approximate surface area is 136 Å². The van der Waals surface area contributed by atoms with Crippen LogP contribution in [0.5, 0.6) is 0 Å². The molecule has 1 aromatic carbocycles. The summed E-state index contributed by atoms with van der Waals surface area (Å²) < 4.78 is 11.4. The lowest BCUT2D eigenvalue weighted by Crippen LogP contribution is -2.52. The fraction of sp³-hybridized carbons (Fsp3) is 0.556. The summed E-state index contributed by atoms with van der Waals surface area (Å²) in [6, 6.07) is 10.8. The molecule has 1 aliphatic carbocycles. The van der Waals surface area contributed by atoms with Crippen molar-refractivity contribution >= 4 is 0 Å². The van der Waals surface area contributed by atoms with Crippen molar-refractivity contribution in [2.75, 3.05) is 13.2 Å². The highest BCUT2D eigenvalue weighted by Gasteiger charge is 2.34. The molecule has 1 saturated heterocycles. The van der Waals surface area contributed by atoms with E-state index in [0.29, 0.717) is 12.1 Å². The van der Waals surface area contributed by atoms with Gasteiger partial charge in [-0.25, -0.2) is 0 Å². The molecular weight excluding hydrogens is 290 g/mol. The van der Waals surface area contributed by atoms with E-state index in [4.69, 9.17) is 9.26 Å². The van der Waals surface area contributed by atoms with E-state index in [9.17, 15) is 0 Å². The lowest BCUT2D eigenvalue weighted by molar-refractivity contribution is -0.0933. The molecule has 122 valence electrons. The first-order valence-electron chi connectivity index (χ1n) is 8.59. The van der Waals surface area contributed by atoms with Crippen molar-refractivity contribution < 1.29 is 9.26 Å². The van der Waals surface area contributed by atoms with Gasteiger partial charge in [0.2, 0.25) is 5.89 Å². The Kier molecular flexibility index (Phi) is 4.39. The monoisotopic (exact) mass is 313 g/mol. The minimum Gasteiger partial charge on any atom is -0.375 e. The second kappa shape index (κ2) is 6.81. The molecule has 0 radical (unpaired) electrons. The van der Waals surface area contributed by atoms with Gasteiger partial charge in [0.15, 0.2) is 5.82 Å². The van der Waals surface area contributed by atoms with E-state index >= 15 is 0 Å². The van der Waals surface area contributed by atoms with Crippen molar-refractivity contribution in [2.24, 2.45) is 0 Å². The number of hydrogen-bond donors (Lipinski definition) is 0. The number of fused-ring (bicyclic) bond motifs is 1. The number of rotatable bonds is 4. The smallest absolute Gasteiger partial charge is 0.240 e. The number of ether oxygens (including phenoxy) is 1. The van der Waals surface area contributed by atoms with E-state index in [1.54, 1.807) is 0 Å². The fourth-order valence-electron chi connectivity index (χ4n) is 3.75. The predicted octanol–water partition coefficient (Wildman–Crippen LogP) is 2.80. The lowest BCUT2D eigenvalue weighted by atomic mass is 9.90. The van der Waals surface area contributed by atoms with Gasteiger partial charge < -0.3 is 9.26 Å². The Hall–Kier alpha value is -1.72. The standard InChI is InChI=1S/C18H23N3O2/c1-2-6-14(7-3-1)12-17-19-18(23-20-17)13-21-10-11-22-16-9-5-4-8-15(16)21/h1-3,6-7,15-16H,4-5,8-13H2/t15-,16-/m0/s1. The molecule has 5 heteroatoms. The second-order valence-electron chi connectivity index (χ2n) is 6.50. The molecule has 23 heavy (non-hydrogen) atoms. The maximum absolute atomic E-state index is 5.93. The van der Waals surface area contributed by atoms with Crippen LogP contribution in [-0.2, 0) is 17.7 Å². The van der Waals surface area contributed by atoms with Gasteiger partial charge in [-0.3, -0.25) is 4.90 Å². The third kappa shape index (κ3) is 3.46. The van der Waals surface area contributed by atoms with Gasteiger partial charge in [0.25, 0.3) is 0 Å². The van der Waals surface area contributed by atoms with Gasteiger partial charge in [0.05, 0.1) is 19.3 Å². The third-order valence-electron chi connectivity index (χ3n) is 4.90. The van der Waals surface area contributed by atoms with Gasteiger partial charge in [-0.05, 0) is 18.4 Å². The van der Waals surface area contributed by atoms with Gasteiger partial charge in [-0.2, -0.15) is 4.98 Å². The Morgan fingerprint density at radius 1 is 1.13 bits per heavy atom. The average molecular weight is 313 g/mol. The van der Waals surface area contributed by atoms with Gasteiger partial charge in [0, 0.05) is 19.0 Å². The number of benzene rings is 1. The zero-order valence-corrected chi connectivity index (χ0v) is 13.4. The van der Waals surface area contributed by atoms with Crippen molar-refractivity contribution in [3.8, 4) is 0 Å². The quantitative estimate of drug-likeness (QED) is 0.869. The van der Waals surface area contributed by atoms with Crippen LogP contribution in [0.4, 0.5) is 0 Å². The summed E-state index contributed by atoms with van der Waals surface area (Å²) in [7, 11) is 0. The van der Waals surface area contributed by atoms with Crippen LogP contribution < -0.4 is 0 Å². The molecule has 1 aliphatic heterocycles. The molecule has 1 aromatic heterocycles. The highest BCUT2D eigenvalue weighted by Crippen LogP contribution is 2.29. The Balaban J connectivity index is 1.41. The van der Waals surface area contributed by atoms with Crippen LogP contribution in [0.2, 0.25) is 0 Å². The first-order valence-corrected chi connectivity index (χ1v) is 8.59. The first-order chi connectivity index (χ1) is 11.4. The summed E-state index contributed by atoms with van der Waals surface area (Å²) in [4.78, 5) is 7.04. The molecule has 2 aliphatic rings. The minimum atomic E-state index is 0.393. The average Bonchev–Trinajstić information content (AvgIpc) is 3.03. The van der Waals surface area contributed by atoms with Crippen molar-refractivity contribution in [1.29, 1.82) is 0 Å². The summed E-state index contributed by atoms with van der Waals surface area (Å²) >= 11 is 0. The molecule has 4 rings (SSSR count). The van der Waals surface area contributed by atoms with Crippen LogP contribution in [0.3, 0.4) is 0 Å². The van der Waals surface area contributed by atoms with Gasteiger partial charge in [-0.1, -0.05) is 48.3 Å². The number of morpholine rings is 1. The van der Waals surface area contributed by atoms with Gasteiger partial charge in [0.1, 0.15) is 0 Å². The first kappa shape index (κ1) is 14.8. The van der Waals surface area contributed by atoms with Gasteiger partial charge >= 0.3 is 0 Å². The van der Waals surface area contributed by atoms with Crippen molar-refractivity contribution in [1.82, 2.24) is 15.0 Å². The van der Waals surface area contributed by atoms with E-state index in [0.717, 1.165) is 37.8 Å². The molecular formula is C18H23N3O2. The fourth-order valence-corrected chi connectivity index (χ4v) is 3.75. The molecule has 0 spiro atoms. The van der Waals surface area contributed by atoms with Crippen molar-refractivity contribution in [3.05, 3.63) is 47.6 Å². The second-order valence-corrected chi connectivity index (χ2v) is 6.50. The van der Waals surface area contributed by atoms with E-state index in [1.165, 1.54) is 31.2 Å². The summed E-state index contributed by atoms with van der Waals surface area (Å²) in [6.45, 7) is 2.51. The third-order valence-corrected chi connectivity index (χ3v) is 4.90. The Morgan fingerprint density at radius 2 is 2.00 bits per heavy atom. The summed E-state index contributed by atoms with van der Waals surface area (Å²) in [5.41, 5.74) is 1.21. The topological polar surface area (TPSA) is 51.4 Å². The molecule has 2 atom stereocenters. The van der Waals surface area contributed by atoms with Crippen molar-refractivity contribution in [2.45, 2.75) is 50.8 Å². The molecule has 0 N–H and O–H groups in total. The predicted molar refractivity (Wildman–Crippen MR) is 86.0 cm³/mol. The van der Waals surface area contributed by atoms with Crippen molar-refractivity contribution in [3.63, 3.8) is 0 Å². The molecule has 2 heterocycles. The minimum absolute atomic E-state index is 0.393. The van der Waals surface area contributed by atoms with E-state index in [2.05, 4.69) is 27.2 Å². The van der Waals surface area contributed by atoms with Crippen LogP contribution in [0.15, 0.2) is 34.9 Å². The van der Waals surface area contributed by atoms with E-state index in [-0.39, 0.29) is 0 Å². The Bertz CT molecular complexity index is 626. The SMILES string of the molecule is c1ccc(Cc2noc(CN3CCO[C@H]4CCCC[C@@H]43)n2)cc1. The van der Waals surface area contributed by atoms with Crippen LogP contribution in [-0.4, -0.2) is 40.3 Å². The van der Waals surface area contributed by atoms with E-state index in [1.807, 2.05) is 18.2 Å². The number of nitrogens with zero attached hydrogens (tertiary/aromatic N) is 3. The molecule has 5 nitrogen and oxygen atoms in total. The highest BCUT2D eigenvalue weighted by atomic mass is 16.5. The van der Waals surface area contributed by atoms with Crippen LogP contribution in [0.1, 0.15) is 43.0 Å². The molecule has 2 fully saturated rings. The van der Waals surface area contributed by atoms with Crippen LogP contribution in [0.25, 0.3) is 0 Å². The summed E-state index contributed by atoms with van der Waals surface area (Å²) in [5, 5.41) is 4.14. The molecule has 0 amide bonds. The number of hydrogen-bond acceptors (Lipinski definition) is 5. The van der Waals surface area contributed by atoms with E-state index < -0.39 is 0 Å². The summed E-state index contributed by atoms with van der Waals surface area (Å²) in [5.74, 6) is 1.49. The highest BCUT2D eigenvalue weighted by molar-refractivity contribution is 5.18. The molecule has 2 aromatic rings.